The molecule has 7 rings (SSSR count). The number of anilines is 2. The Bertz CT molecular complexity index is 1440. The summed E-state index contributed by atoms with van der Waals surface area (Å²) in [5.74, 6) is 1.02. The van der Waals surface area contributed by atoms with Gasteiger partial charge in [0.05, 0.1) is 24.5 Å². The van der Waals surface area contributed by atoms with Gasteiger partial charge in [-0.2, -0.15) is 8.42 Å². The lowest BCUT2D eigenvalue weighted by atomic mass is 10.0. The van der Waals surface area contributed by atoms with E-state index >= 15 is 0 Å². The van der Waals surface area contributed by atoms with Crippen molar-refractivity contribution < 1.29 is 22.3 Å². The largest absolute Gasteiger partial charge is 0.493 e. The number of benzene rings is 1. The highest BCUT2D eigenvalue weighted by atomic mass is 32.1. The highest BCUT2D eigenvalue weighted by Gasteiger charge is 2.41. The molecule has 1 aromatic carbocycles. The number of nitrogens with one attached hydrogen (secondary N) is 1. The van der Waals surface area contributed by atoms with E-state index in [1.807, 2.05) is 15.5 Å². The second-order valence-corrected chi connectivity index (χ2v) is 10.2. The SMILES string of the molecule is CN1CCN2c3cnc(NCc4c(F)ccc5c4CCO5)n4cnc(c34)C(=O)N(C3CC3)C[C@H]2C1.O=S=O. The van der Waals surface area contributed by atoms with Crippen LogP contribution in [0.5, 0.6) is 5.75 Å². The van der Waals surface area contributed by atoms with Gasteiger partial charge < -0.3 is 24.8 Å². The van der Waals surface area contributed by atoms with E-state index in [1.165, 1.54) is 6.07 Å². The zero-order chi connectivity index (χ0) is 26.4. The van der Waals surface area contributed by atoms with Gasteiger partial charge in [0.2, 0.25) is 5.95 Å². The van der Waals surface area contributed by atoms with Gasteiger partial charge in [-0.3, -0.25) is 9.20 Å². The smallest absolute Gasteiger partial charge is 0.335 e. The fourth-order valence-corrected chi connectivity index (χ4v) is 5.80. The maximum Gasteiger partial charge on any atom is 0.335 e. The minimum absolute atomic E-state index is 0.00894. The number of hydrogen-bond acceptors (Lipinski definition) is 9. The van der Waals surface area contributed by atoms with Gasteiger partial charge in [0, 0.05) is 56.3 Å². The summed E-state index contributed by atoms with van der Waals surface area (Å²) in [6.45, 7) is 4.25. The van der Waals surface area contributed by atoms with E-state index in [-0.39, 0.29) is 24.3 Å². The number of hydrogen-bond donors (Lipinski definition) is 1. The average Bonchev–Trinajstić information content (AvgIpc) is 3.45. The lowest BCUT2D eigenvalue weighted by Crippen LogP contribution is -2.58. The highest BCUT2D eigenvalue weighted by molar-refractivity contribution is 7.51. The van der Waals surface area contributed by atoms with Gasteiger partial charge in [-0.1, -0.05) is 0 Å². The van der Waals surface area contributed by atoms with Crippen LogP contribution in [0.25, 0.3) is 5.52 Å². The third kappa shape index (κ3) is 4.29. The first-order valence-corrected chi connectivity index (χ1v) is 13.4. The number of fused-ring (bicyclic) bond motifs is 3. The first-order chi connectivity index (χ1) is 18.5. The fourth-order valence-electron chi connectivity index (χ4n) is 5.80. The van der Waals surface area contributed by atoms with E-state index in [0.717, 1.165) is 55.0 Å². The van der Waals surface area contributed by atoms with E-state index < -0.39 is 11.6 Å². The molecule has 1 N–H and O–H groups in total. The van der Waals surface area contributed by atoms with Crippen molar-refractivity contribution >= 4 is 34.6 Å². The second kappa shape index (κ2) is 9.95. The van der Waals surface area contributed by atoms with Crippen molar-refractivity contribution in [2.24, 2.45) is 0 Å². The molecular weight excluding hydrogens is 513 g/mol. The highest BCUT2D eigenvalue weighted by Crippen LogP contribution is 2.36. The third-order valence-corrected chi connectivity index (χ3v) is 7.77. The lowest BCUT2D eigenvalue weighted by molar-refractivity contribution is 0.0710. The molecule has 11 nitrogen and oxygen atoms in total. The number of carbonyl (C=O) groups is 1. The number of halogens is 1. The van der Waals surface area contributed by atoms with Crippen molar-refractivity contribution in [1.29, 1.82) is 0 Å². The summed E-state index contributed by atoms with van der Waals surface area (Å²) in [6, 6.07) is 3.65. The number of ether oxygens (including phenoxy) is 1. The van der Waals surface area contributed by atoms with E-state index in [1.54, 1.807) is 12.4 Å². The molecule has 200 valence electrons. The summed E-state index contributed by atoms with van der Waals surface area (Å²) in [5.41, 5.74) is 3.67. The molecule has 2 fully saturated rings. The van der Waals surface area contributed by atoms with Gasteiger partial charge in [-0.05, 0) is 32.0 Å². The molecule has 2 aromatic heterocycles. The Balaban J connectivity index is 0.000000843. The summed E-state index contributed by atoms with van der Waals surface area (Å²) in [4.78, 5) is 29.7. The van der Waals surface area contributed by atoms with Crippen LogP contribution >= 0.6 is 0 Å². The number of aromatic nitrogens is 3. The molecule has 0 unspecified atom stereocenters. The Kier molecular flexibility index (Phi) is 6.48. The molecule has 0 bridgehead atoms. The van der Waals surface area contributed by atoms with Crippen LogP contribution in [0.4, 0.5) is 16.0 Å². The Morgan fingerprint density at radius 2 is 1.95 bits per heavy atom. The van der Waals surface area contributed by atoms with E-state index in [9.17, 15) is 9.18 Å². The molecule has 0 radical (unpaired) electrons. The van der Waals surface area contributed by atoms with Gasteiger partial charge in [-0.15, -0.1) is 0 Å². The monoisotopic (exact) mass is 541 g/mol. The standard InChI is InChI=1S/C25H28FN7O2.O2S/c1-30-7-8-31-16(12-30)13-32(15-2-3-15)24(34)22-23-20(31)11-28-25(33(23)14-29-22)27-10-18-17-6-9-35-21(17)5-4-19(18)26;1-3-2/h4-5,11,14-16H,2-3,6-10,12-13H2,1H3,(H,27,28);/t16-;/m1./s1. The second-order valence-electron chi connectivity index (χ2n) is 10.1. The van der Waals surface area contributed by atoms with Gasteiger partial charge in [0.1, 0.15) is 23.4 Å². The quantitative estimate of drug-likeness (QED) is 0.525. The number of rotatable bonds is 4. The molecule has 3 aromatic rings. The van der Waals surface area contributed by atoms with Gasteiger partial charge in [0.15, 0.2) is 5.69 Å². The number of carbonyl (C=O) groups excluding carboxylic acids is 1. The predicted octanol–water partition coefficient (Wildman–Crippen LogP) is 1.48. The molecule has 38 heavy (non-hydrogen) atoms. The molecule has 3 aliphatic heterocycles. The number of amides is 1. The van der Waals surface area contributed by atoms with Crippen LogP contribution in [-0.2, 0) is 24.5 Å². The maximum atomic E-state index is 14.7. The van der Waals surface area contributed by atoms with E-state index in [0.29, 0.717) is 42.8 Å². The topological polar surface area (TPSA) is 112 Å². The van der Waals surface area contributed by atoms with Crippen LogP contribution in [0.1, 0.15) is 34.5 Å². The number of piperazine rings is 1. The molecule has 0 spiro atoms. The zero-order valence-corrected chi connectivity index (χ0v) is 21.7. The number of likely N-dealkylation sites (N-methyl/N-ethyl adjacent to an activating group) is 1. The van der Waals surface area contributed by atoms with Gasteiger partial charge in [-0.25, -0.2) is 14.4 Å². The molecule has 4 aliphatic rings. The molecule has 1 saturated carbocycles. The Labute approximate surface area is 222 Å². The van der Waals surface area contributed by atoms with Crippen LogP contribution in [0.15, 0.2) is 24.7 Å². The van der Waals surface area contributed by atoms with Crippen molar-refractivity contribution in [1.82, 2.24) is 24.2 Å². The van der Waals surface area contributed by atoms with Crippen LogP contribution in [-0.4, -0.2) is 90.4 Å². The first-order valence-electron chi connectivity index (χ1n) is 12.7. The van der Waals surface area contributed by atoms with Gasteiger partial charge >= 0.3 is 11.6 Å². The summed E-state index contributed by atoms with van der Waals surface area (Å²) < 4.78 is 38.7. The number of imidazole rings is 1. The van der Waals surface area contributed by atoms with Crippen LogP contribution in [0, 0.1) is 5.82 Å². The van der Waals surface area contributed by atoms with E-state index in [4.69, 9.17) is 18.1 Å². The van der Waals surface area contributed by atoms with E-state index in [2.05, 4.69) is 27.1 Å². The minimum Gasteiger partial charge on any atom is -0.493 e. The average molecular weight is 542 g/mol. The van der Waals surface area contributed by atoms with Crippen LogP contribution in [0.2, 0.25) is 0 Å². The van der Waals surface area contributed by atoms with Crippen molar-refractivity contribution in [3.63, 3.8) is 0 Å². The lowest BCUT2D eigenvalue weighted by Gasteiger charge is -2.44. The maximum absolute atomic E-state index is 14.7. The van der Waals surface area contributed by atoms with Crippen molar-refractivity contribution in [2.45, 2.75) is 37.9 Å². The van der Waals surface area contributed by atoms with Crippen molar-refractivity contribution in [3.8, 4) is 5.75 Å². The Hall–Kier alpha value is -3.58. The Morgan fingerprint density at radius 1 is 1.13 bits per heavy atom. The molecule has 5 heterocycles. The third-order valence-electron chi connectivity index (χ3n) is 7.77. The molecular formula is C25H28FN7O4S. The predicted molar refractivity (Wildman–Crippen MR) is 138 cm³/mol. The zero-order valence-electron chi connectivity index (χ0n) is 20.9. The minimum atomic E-state index is -0.750. The number of nitrogens with zero attached hydrogens (tertiary/aromatic N) is 6. The molecule has 1 atom stereocenters. The summed E-state index contributed by atoms with van der Waals surface area (Å²) in [5, 5.41) is 3.30. The Morgan fingerprint density at radius 3 is 2.74 bits per heavy atom. The molecule has 1 saturated heterocycles. The summed E-state index contributed by atoms with van der Waals surface area (Å²) in [6.07, 6.45) is 6.31. The normalized spacial score (nSPS) is 20.6. The van der Waals surface area contributed by atoms with Gasteiger partial charge in [0.25, 0.3) is 5.91 Å². The first kappa shape index (κ1) is 24.7. The molecule has 13 heteroatoms. The fraction of sp³-hybridized carbons (Fsp3) is 0.480. The molecule has 1 aliphatic carbocycles. The van der Waals surface area contributed by atoms with Crippen molar-refractivity contribution in [3.05, 3.63) is 47.3 Å². The summed E-state index contributed by atoms with van der Waals surface area (Å²) in [7, 11) is 2.13. The van der Waals surface area contributed by atoms with Crippen molar-refractivity contribution in [2.75, 3.05) is 50.1 Å². The molecule has 1 amide bonds. The van der Waals surface area contributed by atoms with Crippen LogP contribution in [0.3, 0.4) is 0 Å². The van der Waals surface area contributed by atoms with Crippen LogP contribution < -0.4 is 15.0 Å². The summed E-state index contributed by atoms with van der Waals surface area (Å²) >= 11 is -0.750.